The van der Waals surface area contributed by atoms with Gasteiger partial charge < -0.3 is 0 Å². The molecule has 0 bridgehead atoms. The molecule has 1 aromatic rings. The summed E-state index contributed by atoms with van der Waals surface area (Å²) in [5, 5.41) is 0.826. The molecule has 0 spiro atoms. The zero-order chi connectivity index (χ0) is 9.10. The standard InChI is InChI=1S/C11H13BrS/c12-11-7-6-10(13-11)8-9-4-2-1-3-5-9/h1-5,10-11H,6-8H2. The number of hydrogen-bond acceptors (Lipinski definition) is 1. The van der Waals surface area contributed by atoms with Gasteiger partial charge in [-0.05, 0) is 24.8 Å². The van der Waals surface area contributed by atoms with Crippen LogP contribution in [0.4, 0.5) is 0 Å². The molecule has 1 fully saturated rings. The van der Waals surface area contributed by atoms with E-state index < -0.39 is 0 Å². The molecule has 2 rings (SSSR count). The molecule has 13 heavy (non-hydrogen) atoms. The fraction of sp³-hybridized carbons (Fsp3) is 0.455. The molecule has 1 heterocycles. The average Bonchev–Trinajstić information content (AvgIpc) is 2.53. The zero-order valence-corrected chi connectivity index (χ0v) is 9.85. The molecule has 2 heteroatoms. The van der Waals surface area contributed by atoms with Crippen molar-refractivity contribution in [3.8, 4) is 0 Å². The van der Waals surface area contributed by atoms with Crippen LogP contribution in [0.1, 0.15) is 18.4 Å². The topological polar surface area (TPSA) is 0 Å². The van der Waals surface area contributed by atoms with E-state index in [0.29, 0.717) is 4.16 Å². The van der Waals surface area contributed by atoms with Gasteiger partial charge in [-0.3, -0.25) is 0 Å². The number of hydrogen-bond donors (Lipinski definition) is 0. The van der Waals surface area contributed by atoms with E-state index in [4.69, 9.17) is 0 Å². The SMILES string of the molecule is BrC1CCC(Cc2ccccc2)S1. The maximum atomic E-state index is 3.65. The normalized spacial score (nSPS) is 27.8. The van der Waals surface area contributed by atoms with Crippen molar-refractivity contribution in [1.29, 1.82) is 0 Å². The average molecular weight is 257 g/mol. The molecule has 0 amide bonds. The Balaban J connectivity index is 1.92. The van der Waals surface area contributed by atoms with E-state index in [2.05, 4.69) is 58.0 Å². The molecule has 0 nitrogen and oxygen atoms in total. The van der Waals surface area contributed by atoms with Crippen molar-refractivity contribution in [3.63, 3.8) is 0 Å². The van der Waals surface area contributed by atoms with Crippen LogP contribution in [0, 0.1) is 0 Å². The van der Waals surface area contributed by atoms with Gasteiger partial charge >= 0.3 is 0 Å². The number of rotatable bonds is 2. The Morgan fingerprint density at radius 2 is 2.00 bits per heavy atom. The summed E-state index contributed by atoms with van der Waals surface area (Å²) in [5.74, 6) is 0. The Hall–Kier alpha value is 0.0500. The number of benzene rings is 1. The molecule has 1 aromatic carbocycles. The predicted molar refractivity (Wildman–Crippen MR) is 63.5 cm³/mol. The summed E-state index contributed by atoms with van der Waals surface area (Å²) >= 11 is 5.73. The lowest BCUT2D eigenvalue weighted by Gasteiger charge is -2.07. The van der Waals surface area contributed by atoms with Gasteiger partial charge in [0.1, 0.15) is 0 Å². The van der Waals surface area contributed by atoms with Gasteiger partial charge in [0.25, 0.3) is 0 Å². The van der Waals surface area contributed by atoms with Crippen LogP contribution in [0.5, 0.6) is 0 Å². The highest BCUT2D eigenvalue weighted by Crippen LogP contribution is 2.38. The van der Waals surface area contributed by atoms with E-state index in [0.717, 1.165) is 5.25 Å². The monoisotopic (exact) mass is 256 g/mol. The van der Waals surface area contributed by atoms with Gasteiger partial charge in [0, 0.05) is 5.25 Å². The molecule has 0 aromatic heterocycles. The summed E-state index contributed by atoms with van der Waals surface area (Å²) in [4.78, 5) is 0. The second-order valence-corrected chi connectivity index (χ2v) is 6.65. The van der Waals surface area contributed by atoms with Gasteiger partial charge in [0.2, 0.25) is 0 Å². The highest BCUT2D eigenvalue weighted by molar-refractivity contribution is 9.11. The van der Waals surface area contributed by atoms with E-state index in [1.54, 1.807) is 0 Å². The lowest BCUT2D eigenvalue weighted by Crippen LogP contribution is -2.01. The first-order valence-electron chi connectivity index (χ1n) is 4.68. The Labute approximate surface area is 92.2 Å². The van der Waals surface area contributed by atoms with Crippen LogP contribution in [0.25, 0.3) is 0 Å². The Morgan fingerprint density at radius 1 is 1.23 bits per heavy atom. The maximum absolute atomic E-state index is 3.65. The van der Waals surface area contributed by atoms with Crippen LogP contribution < -0.4 is 0 Å². The third kappa shape index (κ3) is 2.75. The molecule has 0 radical (unpaired) electrons. The summed E-state index contributed by atoms with van der Waals surface area (Å²) in [6.07, 6.45) is 3.91. The van der Waals surface area contributed by atoms with Crippen molar-refractivity contribution < 1.29 is 0 Å². The first-order chi connectivity index (χ1) is 6.34. The fourth-order valence-corrected chi connectivity index (χ4v) is 4.12. The Bertz CT molecular complexity index is 260. The first kappa shape index (κ1) is 9.60. The zero-order valence-electron chi connectivity index (χ0n) is 7.45. The van der Waals surface area contributed by atoms with Crippen molar-refractivity contribution in [2.24, 2.45) is 0 Å². The molecule has 2 unspecified atom stereocenters. The molecule has 1 saturated heterocycles. The van der Waals surface area contributed by atoms with E-state index in [9.17, 15) is 0 Å². The minimum atomic E-state index is 0.696. The van der Waals surface area contributed by atoms with Crippen LogP contribution in [0.3, 0.4) is 0 Å². The van der Waals surface area contributed by atoms with Crippen molar-refractivity contribution in [1.82, 2.24) is 0 Å². The van der Waals surface area contributed by atoms with Crippen LogP contribution in [0.2, 0.25) is 0 Å². The molecule has 0 N–H and O–H groups in total. The summed E-state index contributed by atoms with van der Waals surface area (Å²) in [6.45, 7) is 0. The van der Waals surface area contributed by atoms with Crippen LogP contribution in [0.15, 0.2) is 30.3 Å². The largest absolute Gasteiger partial charge is 0.143 e. The van der Waals surface area contributed by atoms with Gasteiger partial charge in [0.15, 0.2) is 0 Å². The van der Waals surface area contributed by atoms with E-state index in [1.807, 2.05) is 0 Å². The van der Waals surface area contributed by atoms with Crippen LogP contribution in [-0.4, -0.2) is 9.41 Å². The third-order valence-corrected chi connectivity index (χ3v) is 4.79. The van der Waals surface area contributed by atoms with Gasteiger partial charge in [0.05, 0.1) is 4.16 Å². The molecule has 1 aliphatic rings. The number of alkyl halides is 1. The Morgan fingerprint density at radius 3 is 2.62 bits per heavy atom. The fourth-order valence-electron chi connectivity index (χ4n) is 1.69. The molecule has 1 aliphatic heterocycles. The summed E-state index contributed by atoms with van der Waals surface area (Å²) < 4.78 is 0.696. The van der Waals surface area contributed by atoms with Gasteiger partial charge in [-0.15, -0.1) is 11.8 Å². The van der Waals surface area contributed by atoms with Gasteiger partial charge in [-0.2, -0.15) is 0 Å². The van der Waals surface area contributed by atoms with Crippen molar-refractivity contribution in [3.05, 3.63) is 35.9 Å². The van der Waals surface area contributed by atoms with E-state index in [1.165, 1.54) is 24.8 Å². The smallest absolute Gasteiger partial charge is 0.0603 e. The van der Waals surface area contributed by atoms with E-state index in [-0.39, 0.29) is 0 Å². The molecule has 2 atom stereocenters. The van der Waals surface area contributed by atoms with Crippen LogP contribution >= 0.6 is 27.7 Å². The Kier molecular flexibility index (Phi) is 3.33. The highest BCUT2D eigenvalue weighted by atomic mass is 79.9. The molecular weight excluding hydrogens is 244 g/mol. The predicted octanol–water partition coefficient (Wildman–Crippen LogP) is 3.85. The second-order valence-electron chi connectivity index (χ2n) is 3.44. The van der Waals surface area contributed by atoms with Gasteiger partial charge in [-0.25, -0.2) is 0 Å². The minimum absolute atomic E-state index is 0.696. The summed E-state index contributed by atoms with van der Waals surface area (Å²) in [5.41, 5.74) is 1.47. The molecular formula is C11H13BrS. The van der Waals surface area contributed by atoms with Gasteiger partial charge in [-0.1, -0.05) is 46.3 Å². The molecule has 70 valence electrons. The second kappa shape index (κ2) is 4.52. The van der Waals surface area contributed by atoms with Crippen molar-refractivity contribution in [2.75, 3.05) is 0 Å². The quantitative estimate of drug-likeness (QED) is 0.725. The number of thioether (sulfide) groups is 1. The first-order valence-corrected chi connectivity index (χ1v) is 6.54. The highest BCUT2D eigenvalue weighted by Gasteiger charge is 2.22. The maximum Gasteiger partial charge on any atom is 0.0603 e. The van der Waals surface area contributed by atoms with E-state index >= 15 is 0 Å². The summed E-state index contributed by atoms with van der Waals surface area (Å²) in [6, 6.07) is 10.8. The molecule has 0 aliphatic carbocycles. The third-order valence-electron chi connectivity index (χ3n) is 2.36. The van der Waals surface area contributed by atoms with Crippen molar-refractivity contribution in [2.45, 2.75) is 28.7 Å². The lowest BCUT2D eigenvalue weighted by molar-refractivity contribution is 0.771. The van der Waals surface area contributed by atoms with Crippen LogP contribution in [-0.2, 0) is 6.42 Å². The molecule has 0 saturated carbocycles. The lowest BCUT2D eigenvalue weighted by atomic mass is 10.1. The van der Waals surface area contributed by atoms with Crippen molar-refractivity contribution >= 4 is 27.7 Å². The number of halogens is 1. The summed E-state index contributed by atoms with van der Waals surface area (Å²) in [7, 11) is 0. The minimum Gasteiger partial charge on any atom is -0.143 e.